The van der Waals surface area contributed by atoms with Crippen LogP contribution in [0.15, 0.2) is 24.3 Å². The highest BCUT2D eigenvalue weighted by Crippen LogP contribution is 2.35. The first-order chi connectivity index (χ1) is 9.82. The molecule has 3 nitrogen and oxygen atoms in total. The van der Waals surface area contributed by atoms with Crippen LogP contribution in [0.5, 0.6) is 0 Å². The summed E-state index contributed by atoms with van der Waals surface area (Å²) in [5, 5.41) is 10.0. The fourth-order valence-corrected chi connectivity index (χ4v) is 3.36. The summed E-state index contributed by atoms with van der Waals surface area (Å²) >= 11 is 1.63. The van der Waals surface area contributed by atoms with Crippen LogP contribution in [0.4, 0.5) is 5.69 Å². The summed E-state index contributed by atoms with van der Waals surface area (Å²) in [4.78, 5) is 7.96. The number of thiazole rings is 1. The number of aromatic nitrogens is 1. The quantitative estimate of drug-likeness (QED) is 0.851. The van der Waals surface area contributed by atoms with Gasteiger partial charge in [0.25, 0.3) is 0 Å². The first-order valence-electron chi connectivity index (χ1n) is 6.98. The average Bonchev–Trinajstić information content (AvgIpc) is 2.83. The van der Waals surface area contributed by atoms with E-state index < -0.39 is 0 Å². The average molecular weight is 299 g/mol. The van der Waals surface area contributed by atoms with Crippen LogP contribution < -0.4 is 4.90 Å². The molecule has 0 aliphatic rings. The van der Waals surface area contributed by atoms with Crippen LogP contribution in [0, 0.1) is 11.3 Å². The molecule has 2 aromatic rings. The normalized spacial score (nSPS) is 11.2. The third kappa shape index (κ3) is 3.43. The van der Waals surface area contributed by atoms with Crippen molar-refractivity contribution >= 4 is 17.0 Å². The number of nitrogens with zero attached hydrogens (tertiary/aromatic N) is 3. The number of anilines is 1. The van der Waals surface area contributed by atoms with Crippen molar-refractivity contribution in [3.63, 3.8) is 0 Å². The molecule has 110 valence electrons. The summed E-state index contributed by atoms with van der Waals surface area (Å²) < 4.78 is 0. The van der Waals surface area contributed by atoms with Gasteiger partial charge in [-0.3, -0.25) is 0 Å². The first kappa shape index (κ1) is 15.5. The van der Waals surface area contributed by atoms with Gasteiger partial charge in [0.1, 0.15) is 5.01 Å². The maximum Gasteiger partial charge on any atom is 0.123 e. The highest BCUT2D eigenvalue weighted by molar-refractivity contribution is 7.15. The Kier molecular flexibility index (Phi) is 4.34. The molecule has 0 fully saturated rings. The maximum atomic E-state index is 9.01. The van der Waals surface area contributed by atoms with Crippen molar-refractivity contribution < 1.29 is 0 Å². The van der Waals surface area contributed by atoms with Gasteiger partial charge in [-0.05, 0) is 24.3 Å². The van der Waals surface area contributed by atoms with Crippen molar-refractivity contribution in [1.29, 1.82) is 5.26 Å². The summed E-state index contributed by atoms with van der Waals surface area (Å²) in [6.07, 6.45) is 0.431. The predicted molar refractivity (Wildman–Crippen MR) is 89.9 cm³/mol. The second-order valence-corrected chi connectivity index (χ2v) is 7.40. The number of hydrogen-bond acceptors (Lipinski definition) is 4. The smallest absolute Gasteiger partial charge is 0.123 e. The molecule has 0 aliphatic carbocycles. The molecule has 4 heteroatoms. The van der Waals surface area contributed by atoms with Crippen LogP contribution in [-0.4, -0.2) is 19.1 Å². The summed E-state index contributed by atoms with van der Waals surface area (Å²) in [7, 11) is 4.06. The highest BCUT2D eigenvalue weighted by Gasteiger charge is 2.23. The summed E-state index contributed by atoms with van der Waals surface area (Å²) in [6, 6.07) is 10.6. The van der Waals surface area contributed by atoms with Crippen LogP contribution in [0.3, 0.4) is 0 Å². The minimum Gasteiger partial charge on any atom is -0.378 e. The lowest BCUT2D eigenvalue weighted by Crippen LogP contribution is -2.13. The Morgan fingerprint density at radius 2 is 1.81 bits per heavy atom. The van der Waals surface area contributed by atoms with Gasteiger partial charge in [0, 0.05) is 35.6 Å². The molecular formula is C17H21N3S. The van der Waals surface area contributed by atoms with Gasteiger partial charge in [0.15, 0.2) is 0 Å². The minimum atomic E-state index is -0.0372. The molecule has 0 aliphatic heterocycles. The van der Waals surface area contributed by atoms with Crippen molar-refractivity contribution in [2.75, 3.05) is 19.0 Å². The Labute approximate surface area is 130 Å². The number of hydrogen-bond donors (Lipinski definition) is 0. The second-order valence-electron chi connectivity index (χ2n) is 6.32. The van der Waals surface area contributed by atoms with Crippen LogP contribution in [0.25, 0.3) is 10.6 Å². The van der Waals surface area contributed by atoms with Crippen molar-refractivity contribution in [1.82, 2.24) is 4.98 Å². The Balaban J connectivity index is 2.43. The molecule has 0 unspecified atom stereocenters. The standard InChI is InChI=1S/C17H21N3S/c1-17(2,3)15-14(10-11-18)21-16(19-15)12-6-8-13(9-7-12)20(4)5/h6-9H,10H2,1-5H3. The van der Waals surface area contributed by atoms with E-state index in [0.29, 0.717) is 6.42 Å². The lowest BCUT2D eigenvalue weighted by Gasteiger charge is -2.16. The van der Waals surface area contributed by atoms with E-state index in [1.807, 2.05) is 14.1 Å². The zero-order chi connectivity index (χ0) is 15.6. The maximum absolute atomic E-state index is 9.01. The monoisotopic (exact) mass is 299 g/mol. The third-order valence-electron chi connectivity index (χ3n) is 3.28. The molecule has 0 saturated carbocycles. The molecule has 21 heavy (non-hydrogen) atoms. The van der Waals surface area contributed by atoms with Crippen LogP contribution in [0.2, 0.25) is 0 Å². The minimum absolute atomic E-state index is 0.0372. The summed E-state index contributed by atoms with van der Waals surface area (Å²) in [6.45, 7) is 6.42. The van der Waals surface area contributed by atoms with Crippen molar-refractivity contribution in [3.05, 3.63) is 34.8 Å². The molecule has 0 bridgehead atoms. The van der Waals surface area contributed by atoms with Gasteiger partial charge in [-0.1, -0.05) is 20.8 Å². The fourth-order valence-electron chi connectivity index (χ4n) is 2.15. The summed E-state index contributed by atoms with van der Waals surface area (Å²) in [5.74, 6) is 0. The van der Waals surface area contributed by atoms with E-state index in [0.717, 1.165) is 21.1 Å². The topological polar surface area (TPSA) is 39.9 Å². The second kappa shape index (κ2) is 5.87. The molecule has 1 aromatic carbocycles. The van der Waals surface area contributed by atoms with Crippen molar-refractivity contribution in [3.8, 4) is 16.6 Å². The van der Waals surface area contributed by atoms with Crippen LogP contribution >= 0.6 is 11.3 Å². The van der Waals surface area contributed by atoms with E-state index >= 15 is 0 Å². The zero-order valence-electron chi connectivity index (χ0n) is 13.3. The Bertz CT molecular complexity index is 655. The molecule has 0 atom stereocenters. The molecule has 2 rings (SSSR count). The van der Waals surface area contributed by atoms with Gasteiger partial charge in [-0.2, -0.15) is 5.26 Å². The van der Waals surface area contributed by atoms with Crippen molar-refractivity contribution in [2.45, 2.75) is 32.6 Å². The van der Waals surface area contributed by atoms with E-state index in [-0.39, 0.29) is 5.41 Å². The molecule has 1 heterocycles. The lowest BCUT2D eigenvalue weighted by atomic mass is 9.91. The lowest BCUT2D eigenvalue weighted by molar-refractivity contribution is 0.568. The number of nitriles is 1. The molecule has 0 radical (unpaired) electrons. The predicted octanol–water partition coefficient (Wildman–Crippen LogP) is 4.24. The van der Waals surface area contributed by atoms with E-state index in [2.05, 4.69) is 56.0 Å². The van der Waals surface area contributed by atoms with Gasteiger partial charge in [-0.25, -0.2) is 4.98 Å². The molecule has 0 spiro atoms. The molecule has 1 aromatic heterocycles. The van der Waals surface area contributed by atoms with E-state index in [1.54, 1.807) is 11.3 Å². The Morgan fingerprint density at radius 1 is 1.19 bits per heavy atom. The van der Waals surface area contributed by atoms with Gasteiger partial charge in [0.2, 0.25) is 0 Å². The molecule has 0 N–H and O–H groups in total. The molecule has 0 amide bonds. The molecular weight excluding hydrogens is 278 g/mol. The number of benzene rings is 1. The fraction of sp³-hybridized carbons (Fsp3) is 0.412. The SMILES string of the molecule is CN(C)c1ccc(-c2nc(C(C)(C)C)c(CC#N)s2)cc1. The van der Waals surface area contributed by atoms with E-state index in [4.69, 9.17) is 10.2 Å². The summed E-state index contributed by atoms with van der Waals surface area (Å²) in [5.41, 5.74) is 3.29. The van der Waals surface area contributed by atoms with E-state index in [9.17, 15) is 0 Å². The number of rotatable bonds is 3. The Morgan fingerprint density at radius 3 is 2.29 bits per heavy atom. The Hall–Kier alpha value is -1.86. The highest BCUT2D eigenvalue weighted by atomic mass is 32.1. The van der Waals surface area contributed by atoms with Crippen LogP contribution in [0.1, 0.15) is 31.3 Å². The van der Waals surface area contributed by atoms with Crippen molar-refractivity contribution in [2.24, 2.45) is 0 Å². The van der Waals surface area contributed by atoms with Gasteiger partial charge >= 0.3 is 0 Å². The van der Waals surface area contributed by atoms with E-state index in [1.165, 1.54) is 5.69 Å². The van der Waals surface area contributed by atoms with Gasteiger partial charge in [0.05, 0.1) is 18.2 Å². The van der Waals surface area contributed by atoms with Gasteiger partial charge in [-0.15, -0.1) is 11.3 Å². The largest absolute Gasteiger partial charge is 0.378 e. The zero-order valence-corrected chi connectivity index (χ0v) is 14.1. The van der Waals surface area contributed by atoms with Gasteiger partial charge < -0.3 is 4.90 Å². The first-order valence-corrected chi connectivity index (χ1v) is 7.79. The van der Waals surface area contributed by atoms with Crippen LogP contribution in [-0.2, 0) is 11.8 Å². The molecule has 0 saturated heterocycles. The third-order valence-corrected chi connectivity index (χ3v) is 4.38.